The van der Waals surface area contributed by atoms with Crippen LogP contribution in [0.3, 0.4) is 0 Å². The molecule has 0 bridgehead atoms. The minimum atomic E-state index is -3.52. The number of hydrogen-bond donors (Lipinski definition) is 0. The van der Waals surface area contributed by atoms with E-state index in [-0.39, 0.29) is 34.9 Å². The van der Waals surface area contributed by atoms with E-state index < -0.39 is 15.7 Å². The molecule has 0 saturated carbocycles. The number of sulfone groups is 1. The minimum Gasteiger partial charge on any atom is -0.308 e. The molecule has 0 fully saturated rings. The first-order chi connectivity index (χ1) is 14.7. The van der Waals surface area contributed by atoms with Crippen molar-refractivity contribution in [3.05, 3.63) is 53.3 Å². The molecule has 0 saturated heterocycles. The number of hydrogen-bond acceptors (Lipinski definition) is 6. The maximum absolute atomic E-state index is 14.1. The van der Waals surface area contributed by atoms with Crippen molar-refractivity contribution in [3.8, 4) is 0 Å². The van der Waals surface area contributed by atoms with Crippen molar-refractivity contribution in [2.24, 2.45) is 0 Å². The molecule has 0 aliphatic rings. The molecular weight excluding hydrogens is 461 g/mol. The highest BCUT2D eigenvalue weighted by molar-refractivity contribution is 7.91. The number of amides is 1. The summed E-state index contributed by atoms with van der Waals surface area (Å²) < 4.78 is 39.7. The number of nitrogens with zero attached hydrogens (tertiary/aromatic N) is 3. The quantitative estimate of drug-likeness (QED) is 0.455. The standard InChI is InChI=1S/C21H23ClFN3O3S2/c1-25(2)12-13-26(21-24-20-17(23)5-3-6-18(20)30-21)19(27)7-4-14-31(28,29)16-10-8-15(22)9-11-16/h3,5-6,8-11H,4,7,12-14H2,1-2H3. The highest BCUT2D eigenvalue weighted by Crippen LogP contribution is 2.30. The van der Waals surface area contributed by atoms with Crippen LogP contribution < -0.4 is 4.90 Å². The summed E-state index contributed by atoms with van der Waals surface area (Å²) in [6, 6.07) is 10.7. The number of benzene rings is 2. The Balaban J connectivity index is 1.72. The van der Waals surface area contributed by atoms with Gasteiger partial charge >= 0.3 is 0 Å². The molecule has 2 aromatic carbocycles. The molecule has 1 heterocycles. The van der Waals surface area contributed by atoms with Crippen molar-refractivity contribution < 1.29 is 17.6 Å². The predicted molar refractivity (Wildman–Crippen MR) is 123 cm³/mol. The lowest BCUT2D eigenvalue weighted by Gasteiger charge is -2.22. The van der Waals surface area contributed by atoms with Crippen molar-refractivity contribution in [3.63, 3.8) is 0 Å². The summed E-state index contributed by atoms with van der Waals surface area (Å²) in [6.07, 6.45) is 0.209. The SMILES string of the molecule is CN(C)CCN(C(=O)CCCS(=O)(=O)c1ccc(Cl)cc1)c1nc2c(F)cccc2s1. The fraction of sp³-hybridized carbons (Fsp3) is 0.333. The molecule has 0 atom stereocenters. The van der Waals surface area contributed by atoms with E-state index >= 15 is 0 Å². The molecule has 3 rings (SSSR count). The summed E-state index contributed by atoms with van der Waals surface area (Å²) in [4.78, 5) is 20.9. The molecule has 3 aromatic rings. The zero-order chi connectivity index (χ0) is 22.6. The van der Waals surface area contributed by atoms with Crippen LogP contribution in [0.25, 0.3) is 10.2 Å². The van der Waals surface area contributed by atoms with E-state index in [1.165, 1.54) is 46.6 Å². The molecule has 31 heavy (non-hydrogen) atoms. The number of aromatic nitrogens is 1. The third kappa shape index (κ3) is 6.00. The van der Waals surface area contributed by atoms with Gasteiger partial charge in [0.05, 0.1) is 15.3 Å². The molecule has 0 aliphatic carbocycles. The Morgan fingerprint density at radius 1 is 1.13 bits per heavy atom. The second-order valence-corrected chi connectivity index (χ2v) is 10.9. The molecule has 6 nitrogen and oxygen atoms in total. The van der Waals surface area contributed by atoms with Crippen LogP contribution in [0.1, 0.15) is 12.8 Å². The first kappa shape index (κ1) is 23.6. The van der Waals surface area contributed by atoms with Gasteiger partial charge in [-0.1, -0.05) is 29.0 Å². The van der Waals surface area contributed by atoms with Gasteiger partial charge in [-0.05, 0) is 56.9 Å². The topological polar surface area (TPSA) is 70.6 Å². The van der Waals surface area contributed by atoms with E-state index in [4.69, 9.17) is 11.6 Å². The van der Waals surface area contributed by atoms with E-state index in [2.05, 4.69) is 4.98 Å². The number of fused-ring (bicyclic) bond motifs is 1. The van der Waals surface area contributed by atoms with Gasteiger partial charge in [0.1, 0.15) is 11.3 Å². The van der Waals surface area contributed by atoms with Crippen LogP contribution in [0.4, 0.5) is 9.52 Å². The summed E-state index contributed by atoms with van der Waals surface area (Å²) in [5, 5.41) is 0.866. The fourth-order valence-corrected chi connectivity index (χ4v) is 5.41. The number of rotatable bonds is 9. The lowest BCUT2D eigenvalue weighted by molar-refractivity contribution is -0.118. The maximum atomic E-state index is 14.1. The van der Waals surface area contributed by atoms with Crippen LogP contribution in [0.5, 0.6) is 0 Å². The van der Waals surface area contributed by atoms with Crippen LogP contribution in [0.2, 0.25) is 5.02 Å². The molecule has 1 aromatic heterocycles. The van der Waals surface area contributed by atoms with Crippen molar-refractivity contribution in [2.75, 3.05) is 37.8 Å². The molecule has 0 N–H and O–H groups in total. The van der Waals surface area contributed by atoms with Crippen molar-refractivity contribution in [1.29, 1.82) is 0 Å². The zero-order valence-corrected chi connectivity index (χ0v) is 19.6. The lowest BCUT2D eigenvalue weighted by Crippen LogP contribution is -2.36. The number of carbonyl (C=O) groups excluding carboxylic acids is 1. The number of likely N-dealkylation sites (N-methyl/N-ethyl adjacent to an activating group) is 1. The number of halogens is 2. The Morgan fingerprint density at radius 2 is 1.84 bits per heavy atom. The first-order valence-corrected chi connectivity index (χ1v) is 12.5. The highest BCUT2D eigenvalue weighted by Gasteiger charge is 2.22. The summed E-state index contributed by atoms with van der Waals surface area (Å²) >= 11 is 7.06. The molecule has 0 aliphatic heterocycles. The van der Waals surface area contributed by atoms with Crippen molar-refractivity contribution in [2.45, 2.75) is 17.7 Å². The normalized spacial score (nSPS) is 11.9. The third-order valence-electron chi connectivity index (χ3n) is 4.64. The largest absolute Gasteiger partial charge is 0.308 e. The predicted octanol–water partition coefficient (Wildman–Crippen LogP) is 4.24. The Hall–Kier alpha value is -2.07. The monoisotopic (exact) mass is 483 g/mol. The van der Waals surface area contributed by atoms with Crippen molar-refractivity contribution >= 4 is 54.0 Å². The van der Waals surface area contributed by atoms with Gasteiger partial charge in [-0.2, -0.15) is 0 Å². The van der Waals surface area contributed by atoms with Crippen LogP contribution in [-0.2, 0) is 14.6 Å². The van der Waals surface area contributed by atoms with Crippen LogP contribution in [-0.4, -0.2) is 57.1 Å². The second-order valence-electron chi connectivity index (χ2n) is 7.31. The number of thiazole rings is 1. The van der Waals surface area contributed by atoms with E-state index in [0.717, 1.165) is 0 Å². The number of para-hydroxylation sites is 1. The molecule has 0 radical (unpaired) electrons. The molecular formula is C21H23ClFN3O3S2. The van der Waals surface area contributed by atoms with Gasteiger partial charge in [-0.25, -0.2) is 17.8 Å². The summed E-state index contributed by atoms with van der Waals surface area (Å²) in [5.74, 6) is -0.835. The fourth-order valence-electron chi connectivity index (χ4n) is 2.95. The smallest absolute Gasteiger partial charge is 0.228 e. The summed E-state index contributed by atoms with van der Waals surface area (Å²) in [6.45, 7) is 0.963. The molecule has 0 spiro atoms. The number of anilines is 1. The average molecular weight is 484 g/mol. The molecule has 10 heteroatoms. The molecule has 1 amide bonds. The van der Waals surface area contributed by atoms with Gasteiger partial charge in [0, 0.05) is 24.5 Å². The number of carbonyl (C=O) groups is 1. The van der Waals surface area contributed by atoms with E-state index in [1.54, 1.807) is 12.1 Å². The van der Waals surface area contributed by atoms with E-state index in [9.17, 15) is 17.6 Å². The summed E-state index contributed by atoms with van der Waals surface area (Å²) in [7, 11) is 0.261. The highest BCUT2D eigenvalue weighted by atomic mass is 35.5. The van der Waals surface area contributed by atoms with Crippen LogP contribution >= 0.6 is 22.9 Å². The Kier molecular flexibility index (Phi) is 7.64. The van der Waals surface area contributed by atoms with E-state index in [0.29, 0.717) is 27.9 Å². The van der Waals surface area contributed by atoms with E-state index in [1.807, 2.05) is 19.0 Å². The lowest BCUT2D eigenvalue weighted by atomic mass is 10.3. The average Bonchev–Trinajstić information content (AvgIpc) is 3.13. The minimum absolute atomic E-state index is 0.0403. The van der Waals surface area contributed by atoms with Gasteiger partial charge in [-0.15, -0.1) is 0 Å². The summed E-state index contributed by atoms with van der Waals surface area (Å²) in [5.41, 5.74) is 0.232. The van der Waals surface area contributed by atoms with Crippen LogP contribution in [0.15, 0.2) is 47.4 Å². The van der Waals surface area contributed by atoms with Crippen molar-refractivity contribution in [1.82, 2.24) is 9.88 Å². The Bertz CT molecular complexity index is 1160. The maximum Gasteiger partial charge on any atom is 0.228 e. The molecule has 166 valence electrons. The van der Waals surface area contributed by atoms with Crippen LogP contribution in [0, 0.1) is 5.82 Å². The Labute approximate surface area is 190 Å². The molecule has 0 unspecified atom stereocenters. The van der Waals surface area contributed by atoms with Gasteiger partial charge in [-0.3, -0.25) is 9.69 Å². The zero-order valence-electron chi connectivity index (χ0n) is 17.2. The van der Waals surface area contributed by atoms with Gasteiger partial charge in [0.2, 0.25) is 5.91 Å². The van der Waals surface area contributed by atoms with Gasteiger partial charge < -0.3 is 4.90 Å². The first-order valence-electron chi connectivity index (χ1n) is 9.66. The second kappa shape index (κ2) is 10.0. The van der Waals surface area contributed by atoms with Gasteiger partial charge in [0.25, 0.3) is 0 Å². The Morgan fingerprint density at radius 3 is 2.48 bits per heavy atom. The third-order valence-corrected chi connectivity index (χ3v) is 7.75. The van der Waals surface area contributed by atoms with Gasteiger partial charge in [0.15, 0.2) is 15.0 Å².